The van der Waals surface area contributed by atoms with Gasteiger partial charge in [-0.05, 0) is 42.9 Å². The van der Waals surface area contributed by atoms with Gasteiger partial charge in [-0.15, -0.1) is 0 Å². The Balaban J connectivity index is 1.44. The molecule has 1 N–H and O–H groups in total. The first kappa shape index (κ1) is 10.5. The van der Waals surface area contributed by atoms with Gasteiger partial charge in [0.15, 0.2) is 0 Å². The lowest BCUT2D eigenvalue weighted by atomic mass is 10.0. The number of ether oxygens (including phenoxy) is 1. The van der Waals surface area contributed by atoms with Gasteiger partial charge in [0.1, 0.15) is 0 Å². The van der Waals surface area contributed by atoms with Crippen LogP contribution in [0.5, 0.6) is 0 Å². The van der Waals surface area contributed by atoms with E-state index in [1.807, 2.05) is 0 Å². The zero-order chi connectivity index (χ0) is 11.1. The highest BCUT2D eigenvalue weighted by molar-refractivity contribution is 5.81. The van der Waals surface area contributed by atoms with Crippen molar-refractivity contribution in [3.8, 4) is 0 Å². The van der Waals surface area contributed by atoms with Gasteiger partial charge < -0.3 is 4.74 Å². The number of rotatable bonds is 5. The monoisotopic (exact) mass is 225 g/mol. The first-order valence-electron chi connectivity index (χ1n) is 6.23. The lowest BCUT2D eigenvalue weighted by Crippen LogP contribution is -2.29. The van der Waals surface area contributed by atoms with Crippen molar-refractivity contribution in [2.45, 2.75) is 19.3 Å². The normalized spacial score (nSPS) is 43.2. The van der Waals surface area contributed by atoms with Crippen molar-refractivity contribution in [3.05, 3.63) is 0 Å². The lowest BCUT2D eigenvalue weighted by molar-refractivity contribution is -0.137. The van der Waals surface area contributed by atoms with E-state index in [9.17, 15) is 4.79 Å². The van der Waals surface area contributed by atoms with E-state index < -0.39 is 0 Å². The van der Waals surface area contributed by atoms with Crippen molar-refractivity contribution >= 4 is 5.91 Å². The number of hydrogen-bond donors (Lipinski definition) is 1. The third kappa shape index (κ3) is 1.55. The van der Waals surface area contributed by atoms with Gasteiger partial charge in [-0.1, -0.05) is 0 Å². The fraction of sp³-hybridized carbons (Fsp3) is 0.917. The summed E-state index contributed by atoms with van der Waals surface area (Å²) in [4.78, 5) is 16.9. The van der Waals surface area contributed by atoms with Gasteiger partial charge in [-0.25, -0.2) is 5.48 Å². The summed E-state index contributed by atoms with van der Waals surface area (Å²) in [5.74, 6) is 3.40. The molecule has 3 saturated carbocycles. The van der Waals surface area contributed by atoms with E-state index in [1.165, 1.54) is 19.3 Å². The van der Waals surface area contributed by atoms with Gasteiger partial charge in [0.2, 0.25) is 5.91 Å². The molecule has 0 aromatic carbocycles. The summed E-state index contributed by atoms with van der Waals surface area (Å²) in [5.41, 5.74) is 2.56. The molecule has 0 saturated heterocycles. The second-order valence-corrected chi connectivity index (χ2v) is 5.32. The summed E-state index contributed by atoms with van der Waals surface area (Å²) in [6, 6.07) is 0. The molecule has 0 heterocycles. The van der Waals surface area contributed by atoms with Crippen LogP contribution >= 0.6 is 0 Å². The van der Waals surface area contributed by atoms with E-state index >= 15 is 0 Å². The smallest absolute Gasteiger partial charge is 0.247 e. The molecule has 0 spiro atoms. The average molecular weight is 225 g/mol. The molecule has 4 atom stereocenters. The number of hydroxylamine groups is 1. The van der Waals surface area contributed by atoms with Crippen molar-refractivity contribution in [3.63, 3.8) is 0 Å². The van der Waals surface area contributed by atoms with E-state index in [1.54, 1.807) is 7.11 Å². The molecular weight excluding hydrogens is 206 g/mol. The Morgan fingerprint density at radius 1 is 1.25 bits per heavy atom. The summed E-state index contributed by atoms with van der Waals surface area (Å²) in [6.07, 6.45) is 4.07. The topological polar surface area (TPSA) is 47.6 Å². The standard InChI is InChI=1S/C12H19NO3/c1-15-4-5-16-13-12(14)11-9-7-2-3-8(6-7)10(9)11/h7-11H,2-6H2,1H3,(H,13,14). The SMILES string of the molecule is COCCONC(=O)C1C2C3CCC(C3)C12. The fourth-order valence-corrected chi connectivity index (χ4v) is 3.99. The van der Waals surface area contributed by atoms with Crippen molar-refractivity contribution in [2.75, 3.05) is 20.3 Å². The minimum absolute atomic E-state index is 0.0997. The second-order valence-electron chi connectivity index (χ2n) is 5.32. The fourth-order valence-electron chi connectivity index (χ4n) is 3.99. The summed E-state index contributed by atoms with van der Waals surface area (Å²) in [5, 5.41) is 0. The summed E-state index contributed by atoms with van der Waals surface area (Å²) in [7, 11) is 1.62. The largest absolute Gasteiger partial charge is 0.382 e. The zero-order valence-corrected chi connectivity index (χ0v) is 9.65. The van der Waals surface area contributed by atoms with Gasteiger partial charge in [0, 0.05) is 13.0 Å². The van der Waals surface area contributed by atoms with Gasteiger partial charge in [-0.3, -0.25) is 9.63 Å². The van der Waals surface area contributed by atoms with Gasteiger partial charge in [0.05, 0.1) is 13.2 Å². The predicted molar refractivity (Wildman–Crippen MR) is 57.3 cm³/mol. The number of carbonyl (C=O) groups excluding carboxylic acids is 1. The Morgan fingerprint density at radius 2 is 1.94 bits per heavy atom. The van der Waals surface area contributed by atoms with E-state index in [-0.39, 0.29) is 11.8 Å². The van der Waals surface area contributed by atoms with Crippen LogP contribution in [0.15, 0.2) is 0 Å². The minimum Gasteiger partial charge on any atom is -0.382 e. The van der Waals surface area contributed by atoms with Crippen LogP contribution in [0, 0.1) is 29.6 Å². The molecular formula is C12H19NO3. The van der Waals surface area contributed by atoms with Crippen LogP contribution in [-0.4, -0.2) is 26.2 Å². The Hall–Kier alpha value is -0.610. The second kappa shape index (κ2) is 4.00. The van der Waals surface area contributed by atoms with Gasteiger partial charge >= 0.3 is 0 Å². The number of amides is 1. The summed E-state index contributed by atoms with van der Waals surface area (Å²) < 4.78 is 4.84. The molecule has 0 radical (unpaired) electrons. The average Bonchev–Trinajstić information content (AvgIpc) is 2.74. The van der Waals surface area contributed by atoms with Gasteiger partial charge in [0.25, 0.3) is 0 Å². The third-order valence-electron chi connectivity index (χ3n) is 4.60. The first-order chi connectivity index (χ1) is 7.83. The van der Waals surface area contributed by atoms with Crippen LogP contribution in [0.25, 0.3) is 0 Å². The number of nitrogens with one attached hydrogen (secondary N) is 1. The zero-order valence-electron chi connectivity index (χ0n) is 9.65. The van der Waals surface area contributed by atoms with E-state index in [4.69, 9.17) is 9.57 Å². The maximum atomic E-state index is 11.8. The first-order valence-corrected chi connectivity index (χ1v) is 6.23. The number of fused-ring (bicyclic) bond motifs is 5. The Morgan fingerprint density at radius 3 is 2.56 bits per heavy atom. The van der Waals surface area contributed by atoms with Crippen LogP contribution in [0.4, 0.5) is 0 Å². The summed E-state index contributed by atoms with van der Waals surface area (Å²) in [6.45, 7) is 0.945. The quantitative estimate of drug-likeness (QED) is 0.560. The Bertz CT molecular complexity index is 278. The highest BCUT2D eigenvalue weighted by Crippen LogP contribution is 2.69. The van der Waals surface area contributed by atoms with E-state index in [0.717, 1.165) is 11.8 Å². The van der Waals surface area contributed by atoms with E-state index in [0.29, 0.717) is 25.0 Å². The molecule has 4 heteroatoms. The van der Waals surface area contributed by atoms with Gasteiger partial charge in [-0.2, -0.15) is 0 Å². The molecule has 0 aromatic rings. The highest BCUT2D eigenvalue weighted by atomic mass is 16.7. The van der Waals surface area contributed by atoms with Crippen LogP contribution in [0.3, 0.4) is 0 Å². The lowest BCUT2D eigenvalue weighted by Gasteiger charge is -2.09. The predicted octanol–water partition coefficient (Wildman–Crippen LogP) is 0.973. The molecule has 16 heavy (non-hydrogen) atoms. The van der Waals surface area contributed by atoms with Crippen LogP contribution < -0.4 is 5.48 Å². The van der Waals surface area contributed by atoms with Crippen molar-refractivity contribution < 1.29 is 14.4 Å². The van der Waals surface area contributed by atoms with Crippen LogP contribution in [0.2, 0.25) is 0 Å². The summed E-state index contributed by atoms with van der Waals surface area (Å²) >= 11 is 0. The molecule has 0 aromatic heterocycles. The van der Waals surface area contributed by atoms with Crippen LogP contribution in [-0.2, 0) is 14.4 Å². The van der Waals surface area contributed by atoms with Crippen molar-refractivity contribution in [1.29, 1.82) is 0 Å². The van der Waals surface area contributed by atoms with E-state index in [2.05, 4.69) is 5.48 Å². The maximum absolute atomic E-state index is 11.8. The maximum Gasteiger partial charge on any atom is 0.247 e. The number of carbonyl (C=O) groups is 1. The molecule has 3 rings (SSSR count). The molecule has 2 bridgehead atoms. The molecule has 4 unspecified atom stereocenters. The molecule has 0 aliphatic heterocycles. The molecule has 3 fully saturated rings. The molecule has 1 amide bonds. The molecule has 3 aliphatic rings. The molecule has 90 valence electrons. The number of methoxy groups -OCH3 is 1. The molecule has 3 aliphatic carbocycles. The Kier molecular flexibility index (Phi) is 2.64. The third-order valence-corrected chi connectivity index (χ3v) is 4.60. The minimum atomic E-state index is 0.0997. The number of hydrogen-bond acceptors (Lipinski definition) is 3. The highest BCUT2D eigenvalue weighted by Gasteiger charge is 2.67. The van der Waals surface area contributed by atoms with Crippen molar-refractivity contribution in [2.24, 2.45) is 29.6 Å². The Labute approximate surface area is 95.6 Å². The molecule has 4 nitrogen and oxygen atoms in total. The van der Waals surface area contributed by atoms with Crippen LogP contribution in [0.1, 0.15) is 19.3 Å². The van der Waals surface area contributed by atoms with Crippen molar-refractivity contribution in [1.82, 2.24) is 5.48 Å².